The molecule has 34 heavy (non-hydrogen) atoms. The zero-order valence-electron chi connectivity index (χ0n) is 19.4. The van der Waals surface area contributed by atoms with E-state index in [1.807, 2.05) is 13.8 Å². The second-order valence-corrected chi connectivity index (χ2v) is 9.18. The van der Waals surface area contributed by atoms with Gasteiger partial charge in [-0.25, -0.2) is 9.37 Å². The Kier molecular flexibility index (Phi) is 7.35. The van der Waals surface area contributed by atoms with Crippen molar-refractivity contribution in [3.8, 4) is 5.75 Å². The molecule has 0 radical (unpaired) electrons. The van der Waals surface area contributed by atoms with E-state index in [4.69, 9.17) is 27.2 Å². The molecule has 182 valence electrons. The molecule has 1 fully saturated rings. The average Bonchev–Trinajstić information content (AvgIpc) is 3.20. The summed E-state index contributed by atoms with van der Waals surface area (Å²) in [5.41, 5.74) is 9.31. The number of hydrogen-bond donors (Lipinski definition) is 2. The lowest BCUT2D eigenvalue weighted by Gasteiger charge is -2.32. The van der Waals surface area contributed by atoms with Gasteiger partial charge in [0.15, 0.2) is 5.69 Å². The molecule has 0 atom stereocenters. The number of H-pyrrole nitrogens is 1. The largest absolute Gasteiger partial charge is 0.489 e. The maximum absolute atomic E-state index is 14.1. The number of nitrogens with one attached hydrogen (secondary N) is 1. The first-order chi connectivity index (χ1) is 16.3. The number of ether oxygens (including phenoxy) is 1. The van der Waals surface area contributed by atoms with Crippen LogP contribution in [0.5, 0.6) is 5.75 Å². The molecule has 4 rings (SSSR count). The first kappa shape index (κ1) is 24.4. The van der Waals surface area contributed by atoms with Gasteiger partial charge in [0.1, 0.15) is 28.4 Å². The van der Waals surface area contributed by atoms with E-state index in [9.17, 15) is 9.18 Å². The predicted octanol–water partition coefficient (Wildman–Crippen LogP) is 1.97. The third kappa shape index (κ3) is 5.16. The van der Waals surface area contributed by atoms with Crippen molar-refractivity contribution in [3.05, 3.63) is 57.5 Å². The van der Waals surface area contributed by atoms with Crippen LogP contribution < -0.4 is 15.5 Å². The van der Waals surface area contributed by atoms with Crippen LogP contribution in [-0.4, -0.2) is 71.2 Å². The van der Waals surface area contributed by atoms with Crippen molar-refractivity contribution in [2.24, 2.45) is 5.73 Å². The number of piperidine rings is 1. The first-order valence-electron chi connectivity index (χ1n) is 11.4. The van der Waals surface area contributed by atoms with Crippen molar-refractivity contribution in [2.75, 3.05) is 39.3 Å². The van der Waals surface area contributed by atoms with Crippen LogP contribution in [0, 0.1) is 19.7 Å². The molecule has 8 nitrogen and oxygen atoms in total. The molecular weight excluding hydrogens is 461 g/mol. The molecule has 0 saturated carbocycles. The number of aliphatic hydroxyl groups excluding tert-OH is 1. The molecule has 0 unspecified atom stereocenters. The lowest BCUT2D eigenvalue weighted by Crippen LogP contribution is -2.39. The maximum atomic E-state index is 14.1. The normalized spacial score (nSPS) is 17.5. The summed E-state index contributed by atoms with van der Waals surface area (Å²) >= 11 is 6.22. The Labute approximate surface area is 203 Å². The van der Waals surface area contributed by atoms with Gasteiger partial charge in [-0.05, 0) is 36.9 Å². The number of aliphatic hydroxyl groups is 1. The Morgan fingerprint density at radius 2 is 2.06 bits per heavy atom. The zero-order valence-corrected chi connectivity index (χ0v) is 20.2. The summed E-state index contributed by atoms with van der Waals surface area (Å²) in [6.07, 6.45) is 1.35. The van der Waals surface area contributed by atoms with Crippen molar-refractivity contribution in [1.29, 1.82) is 0 Å². The number of aromatic nitrogens is 2. The number of halogens is 2. The third-order valence-corrected chi connectivity index (χ3v) is 6.88. The number of hydrogen-bond acceptors (Lipinski definition) is 6. The van der Waals surface area contributed by atoms with E-state index in [0.29, 0.717) is 34.3 Å². The molecule has 1 saturated heterocycles. The maximum Gasteiger partial charge on any atom is 0.328 e. The monoisotopic (exact) mass is 490 g/mol. The number of carbonyl (C=O) groups is 1. The van der Waals surface area contributed by atoms with Crippen molar-refractivity contribution < 1.29 is 24.0 Å². The fourth-order valence-electron chi connectivity index (χ4n) is 4.42. The minimum Gasteiger partial charge on any atom is -0.489 e. The van der Waals surface area contributed by atoms with Crippen molar-refractivity contribution in [1.82, 2.24) is 14.8 Å². The number of nitrogens with two attached hydrogens (primary N) is 1. The number of nitrogens with zero attached hydrogens (tertiary/aromatic N) is 3. The molecule has 1 amide bonds. The smallest absolute Gasteiger partial charge is 0.328 e. The molecule has 1 aromatic carbocycles. The molecule has 10 heteroatoms. The number of β-amino-alcohol motifs (C(OH)–C–C–N with tert-alkyl or cyclic N) is 1. The highest BCUT2D eigenvalue weighted by Gasteiger charge is 2.33. The molecule has 0 aliphatic carbocycles. The molecule has 2 aliphatic rings. The van der Waals surface area contributed by atoms with Gasteiger partial charge in [-0.3, -0.25) is 4.79 Å². The second-order valence-electron chi connectivity index (χ2n) is 8.80. The summed E-state index contributed by atoms with van der Waals surface area (Å²) in [6, 6.07) is 3.99. The number of aromatic amines is 1. The highest BCUT2D eigenvalue weighted by molar-refractivity contribution is 6.31. The van der Waals surface area contributed by atoms with Gasteiger partial charge >= 0.3 is 5.82 Å². The number of amides is 1. The lowest BCUT2D eigenvalue weighted by atomic mass is 10.1. The van der Waals surface area contributed by atoms with Gasteiger partial charge in [-0.1, -0.05) is 11.6 Å². The first-order valence-corrected chi connectivity index (χ1v) is 11.8. The molecule has 0 bridgehead atoms. The van der Waals surface area contributed by atoms with E-state index >= 15 is 0 Å². The van der Waals surface area contributed by atoms with E-state index in [2.05, 4.69) is 14.9 Å². The van der Waals surface area contributed by atoms with Gasteiger partial charge in [0.25, 0.3) is 5.91 Å². The van der Waals surface area contributed by atoms with Crippen LogP contribution >= 0.6 is 11.6 Å². The van der Waals surface area contributed by atoms with Crippen LogP contribution in [-0.2, 0) is 0 Å². The van der Waals surface area contributed by atoms with Crippen molar-refractivity contribution in [3.63, 3.8) is 0 Å². The Morgan fingerprint density at radius 1 is 1.32 bits per heavy atom. The van der Waals surface area contributed by atoms with Crippen LogP contribution in [0.25, 0.3) is 5.57 Å². The minimum atomic E-state index is -0.463. The van der Waals surface area contributed by atoms with Crippen LogP contribution in [0.1, 0.15) is 40.4 Å². The summed E-state index contributed by atoms with van der Waals surface area (Å²) in [7, 11) is 0. The predicted molar refractivity (Wildman–Crippen MR) is 126 cm³/mol. The SMILES string of the molecule is Cc1nc(C2=C(N)CN(C(=O)c3ccc(F)cc3OC3CCN(CCO)CC3)C2)[nH+]c(C)c1Cl. The average molecular weight is 491 g/mol. The number of carbonyl (C=O) groups excluding carboxylic acids is 1. The van der Waals surface area contributed by atoms with E-state index in [0.717, 1.165) is 37.2 Å². The lowest BCUT2D eigenvalue weighted by molar-refractivity contribution is -0.396. The summed E-state index contributed by atoms with van der Waals surface area (Å²) in [4.78, 5) is 24.8. The Morgan fingerprint density at radius 3 is 2.74 bits per heavy atom. The van der Waals surface area contributed by atoms with Gasteiger partial charge in [-0.15, -0.1) is 0 Å². The molecule has 3 heterocycles. The Balaban J connectivity index is 1.50. The third-order valence-electron chi connectivity index (χ3n) is 6.32. The standard InChI is InChI=1S/C24H29ClFN5O3/c1-14-22(25)15(2)29-23(28-14)19-12-31(13-20(19)27)24(33)18-4-3-16(26)11-21(18)34-17-5-7-30(8-6-17)9-10-32/h3-4,11,17,32H,5-10,12-13,27H2,1-2H3/p+1. The van der Waals surface area contributed by atoms with Crippen LogP contribution in [0.4, 0.5) is 4.39 Å². The van der Waals surface area contributed by atoms with Gasteiger partial charge < -0.3 is 25.4 Å². The van der Waals surface area contributed by atoms with Crippen molar-refractivity contribution >= 4 is 23.1 Å². The highest BCUT2D eigenvalue weighted by atomic mass is 35.5. The van der Waals surface area contributed by atoms with Crippen LogP contribution in [0.3, 0.4) is 0 Å². The van der Waals surface area contributed by atoms with E-state index < -0.39 is 5.82 Å². The number of rotatable bonds is 6. The molecule has 2 aromatic rings. The summed E-state index contributed by atoms with van der Waals surface area (Å²) in [6.45, 7) is 6.48. The zero-order chi connectivity index (χ0) is 24.4. The van der Waals surface area contributed by atoms with E-state index in [-0.39, 0.29) is 37.5 Å². The molecule has 4 N–H and O–H groups in total. The summed E-state index contributed by atoms with van der Waals surface area (Å²) in [5.74, 6) is 0.0703. The van der Waals surface area contributed by atoms with E-state index in [1.165, 1.54) is 18.2 Å². The highest BCUT2D eigenvalue weighted by Crippen LogP contribution is 2.29. The summed E-state index contributed by atoms with van der Waals surface area (Å²) in [5, 5.41) is 9.68. The van der Waals surface area contributed by atoms with Crippen molar-refractivity contribution in [2.45, 2.75) is 32.8 Å². The van der Waals surface area contributed by atoms with Crippen LogP contribution in [0.2, 0.25) is 5.02 Å². The second kappa shape index (κ2) is 10.2. The summed E-state index contributed by atoms with van der Waals surface area (Å²) < 4.78 is 20.2. The fourth-order valence-corrected chi connectivity index (χ4v) is 4.51. The minimum absolute atomic E-state index is 0.117. The number of aryl methyl sites for hydroxylation is 2. The molecular formula is C24H30ClFN5O3+. The quantitative estimate of drug-likeness (QED) is 0.641. The van der Waals surface area contributed by atoms with Crippen LogP contribution in [0.15, 0.2) is 23.9 Å². The van der Waals surface area contributed by atoms with Gasteiger partial charge in [0, 0.05) is 38.3 Å². The van der Waals surface area contributed by atoms with E-state index in [1.54, 1.807) is 4.90 Å². The van der Waals surface area contributed by atoms with Gasteiger partial charge in [0.2, 0.25) is 0 Å². The molecule has 2 aliphatic heterocycles. The van der Waals surface area contributed by atoms with Gasteiger partial charge in [0.05, 0.1) is 30.8 Å². The van der Waals surface area contributed by atoms with Gasteiger partial charge in [-0.2, -0.15) is 0 Å². The fraction of sp³-hybridized carbons (Fsp3) is 0.458. The Hall–Kier alpha value is -2.75. The number of benzene rings is 1. The molecule has 0 spiro atoms. The topological polar surface area (TPSA) is 106 Å². The number of likely N-dealkylation sites (tertiary alicyclic amines) is 1. The molecule has 1 aromatic heterocycles. The Bertz CT molecular complexity index is 1090.